The molecule has 9 aromatic carbocycles. The summed E-state index contributed by atoms with van der Waals surface area (Å²) in [6.45, 7) is 3.45. The fourth-order valence-electron chi connectivity index (χ4n) is 7.64. The second-order valence-electron chi connectivity index (χ2n) is 16.5. The molecule has 74 heavy (non-hydrogen) atoms. The van der Waals surface area contributed by atoms with Gasteiger partial charge in [0.2, 0.25) is 0 Å². The molecule has 0 heterocycles. The van der Waals surface area contributed by atoms with Crippen LogP contribution in [0.3, 0.4) is 0 Å². The highest BCUT2D eigenvalue weighted by atomic mass is 35.5. The van der Waals surface area contributed by atoms with E-state index in [9.17, 15) is 29.4 Å². The standard InChI is InChI=1S/C56H36Cl4N6O8/c1-29-11-15-37(27-41(29)55(71)73-47-21-13-33(57)25-45(47)59)63-65-49-39-9-5-3-7-31(39)23-43(51(49)67)53(69)61-35-17-19-36(20-18-35)62-54(70)44-24-32-8-4-6-10-40(32)50(52(44)68)66-64-38-16-12-30(2)42(28-38)56(72)74-48-22-14-34(58)26-46(48)60/h3-28,67-68H,1-2H3,(H,61,69)(H,62,70). The number of anilines is 2. The maximum absolute atomic E-state index is 13.8. The number of amides is 2. The molecular formula is C56H36Cl4N6O8. The lowest BCUT2D eigenvalue weighted by Gasteiger charge is -2.13. The van der Waals surface area contributed by atoms with Crippen LogP contribution in [-0.2, 0) is 0 Å². The summed E-state index contributed by atoms with van der Waals surface area (Å²) >= 11 is 24.4. The van der Waals surface area contributed by atoms with Crippen LogP contribution >= 0.6 is 46.4 Å². The van der Waals surface area contributed by atoms with Crippen LogP contribution in [-0.4, -0.2) is 34.0 Å². The summed E-state index contributed by atoms with van der Waals surface area (Å²) in [5, 5.41) is 49.2. The largest absolute Gasteiger partial charge is 0.505 e. The molecule has 4 N–H and O–H groups in total. The SMILES string of the molecule is Cc1ccc(N=Nc2c(O)c(C(=O)Nc3ccc(NC(=O)c4cc5ccccc5c(N=Nc5ccc(C)c(C(=O)Oc6ccc(Cl)cc6Cl)c5)c4O)cc3)cc3ccccc23)cc1C(=O)Oc1ccc(Cl)cc1Cl. The van der Waals surface area contributed by atoms with Crippen LogP contribution in [0.25, 0.3) is 21.5 Å². The highest BCUT2D eigenvalue weighted by molar-refractivity contribution is 6.36. The Labute approximate surface area is 441 Å². The van der Waals surface area contributed by atoms with Crippen LogP contribution in [0.2, 0.25) is 20.1 Å². The van der Waals surface area contributed by atoms with Gasteiger partial charge in [0.1, 0.15) is 22.9 Å². The Bertz CT molecular complexity index is 3580. The van der Waals surface area contributed by atoms with Gasteiger partial charge < -0.3 is 30.3 Å². The van der Waals surface area contributed by atoms with E-state index in [2.05, 4.69) is 31.1 Å². The van der Waals surface area contributed by atoms with E-state index >= 15 is 0 Å². The molecule has 0 atom stereocenters. The zero-order valence-corrected chi connectivity index (χ0v) is 41.7. The Morgan fingerprint density at radius 1 is 0.446 bits per heavy atom. The van der Waals surface area contributed by atoms with E-state index < -0.39 is 35.3 Å². The normalized spacial score (nSPS) is 11.3. The summed E-state index contributed by atoms with van der Waals surface area (Å²) < 4.78 is 11.1. The van der Waals surface area contributed by atoms with E-state index in [1.807, 2.05) is 0 Å². The van der Waals surface area contributed by atoms with Crippen molar-refractivity contribution in [2.75, 3.05) is 10.6 Å². The molecular weight excluding hydrogens is 1030 g/mol. The molecule has 0 aromatic heterocycles. The third-order valence-electron chi connectivity index (χ3n) is 11.5. The Morgan fingerprint density at radius 3 is 1.23 bits per heavy atom. The minimum Gasteiger partial charge on any atom is -0.505 e. The molecule has 9 rings (SSSR count). The van der Waals surface area contributed by atoms with Gasteiger partial charge >= 0.3 is 11.9 Å². The first-order chi connectivity index (χ1) is 35.6. The first-order valence-corrected chi connectivity index (χ1v) is 23.7. The Morgan fingerprint density at radius 2 is 0.838 bits per heavy atom. The molecule has 0 saturated heterocycles. The van der Waals surface area contributed by atoms with Gasteiger partial charge in [-0.15, -0.1) is 10.2 Å². The average Bonchev–Trinajstić information content (AvgIpc) is 3.38. The first-order valence-electron chi connectivity index (χ1n) is 22.2. The number of rotatable bonds is 12. The summed E-state index contributed by atoms with van der Waals surface area (Å²) in [6, 6.07) is 41.7. The molecule has 0 unspecified atom stereocenters. The first kappa shape index (κ1) is 50.3. The van der Waals surface area contributed by atoms with Crippen LogP contribution in [0, 0.1) is 13.8 Å². The van der Waals surface area contributed by atoms with Gasteiger partial charge in [0.05, 0.1) is 43.7 Å². The number of aromatic hydroxyl groups is 2. The molecule has 0 fully saturated rings. The monoisotopic (exact) mass is 1060 g/mol. The van der Waals surface area contributed by atoms with E-state index in [1.165, 1.54) is 48.5 Å². The number of phenols is 2. The molecule has 0 aliphatic carbocycles. The minimum absolute atomic E-state index is 0.00806. The number of fused-ring (bicyclic) bond motifs is 2. The molecule has 0 aliphatic rings. The van der Waals surface area contributed by atoms with E-state index in [4.69, 9.17) is 55.9 Å². The average molecular weight is 1060 g/mol. The number of benzene rings is 9. The second-order valence-corrected chi connectivity index (χ2v) is 18.2. The molecule has 0 saturated carbocycles. The predicted octanol–water partition coefficient (Wildman–Crippen LogP) is 16.4. The summed E-state index contributed by atoms with van der Waals surface area (Å²) in [5.41, 5.74) is 2.55. The third-order valence-corrected chi connectivity index (χ3v) is 12.5. The van der Waals surface area contributed by atoms with Gasteiger partial charge in [0.15, 0.2) is 11.5 Å². The van der Waals surface area contributed by atoms with Crippen molar-refractivity contribution >= 4 is 126 Å². The number of hydrogen-bond acceptors (Lipinski definition) is 12. The van der Waals surface area contributed by atoms with Crippen molar-refractivity contribution in [3.8, 4) is 23.0 Å². The number of carbonyl (C=O) groups excluding carboxylic acids is 4. The van der Waals surface area contributed by atoms with Gasteiger partial charge in [-0.2, -0.15) is 10.2 Å². The lowest BCUT2D eigenvalue weighted by atomic mass is 10.0. The number of phenolic OH excluding ortho intramolecular Hbond substituents is 2. The van der Waals surface area contributed by atoms with Crippen molar-refractivity contribution in [3.05, 3.63) is 211 Å². The number of nitrogens with zero attached hydrogens (tertiary/aromatic N) is 4. The number of nitrogens with one attached hydrogen (secondary N) is 2. The summed E-state index contributed by atoms with van der Waals surface area (Å²) in [6.07, 6.45) is 0. The molecule has 0 spiro atoms. The smallest absolute Gasteiger partial charge is 0.343 e. The van der Waals surface area contributed by atoms with E-state index in [0.29, 0.717) is 54.1 Å². The summed E-state index contributed by atoms with van der Waals surface area (Å²) in [7, 11) is 0. The van der Waals surface area contributed by atoms with Gasteiger partial charge in [-0.1, -0.05) is 107 Å². The number of carbonyl (C=O) groups is 4. The van der Waals surface area contributed by atoms with Crippen molar-refractivity contribution in [2.45, 2.75) is 13.8 Å². The predicted molar refractivity (Wildman–Crippen MR) is 287 cm³/mol. The number of halogens is 4. The van der Waals surface area contributed by atoms with Gasteiger partial charge in [0.25, 0.3) is 11.8 Å². The highest BCUT2D eigenvalue weighted by Crippen LogP contribution is 2.42. The number of aryl methyl sites for hydroxylation is 2. The molecule has 18 heteroatoms. The van der Waals surface area contributed by atoms with Crippen LogP contribution in [0.15, 0.2) is 178 Å². The van der Waals surface area contributed by atoms with Crippen molar-refractivity contribution in [2.24, 2.45) is 20.5 Å². The Balaban J connectivity index is 0.909. The topological polar surface area (TPSA) is 201 Å². The van der Waals surface area contributed by atoms with E-state index in [0.717, 1.165) is 0 Å². The number of azo groups is 2. The molecule has 366 valence electrons. The minimum atomic E-state index is -0.689. The zero-order chi connectivity index (χ0) is 52.2. The number of ether oxygens (including phenoxy) is 2. The molecule has 14 nitrogen and oxygen atoms in total. The van der Waals surface area contributed by atoms with E-state index in [-0.39, 0.29) is 66.5 Å². The fourth-order valence-corrected chi connectivity index (χ4v) is 8.54. The van der Waals surface area contributed by atoms with Crippen molar-refractivity contribution in [1.29, 1.82) is 0 Å². The summed E-state index contributed by atoms with van der Waals surface area (Å²) in [5.74, 6) is -3.37. The second kappa shape index (κ2) is 21.6. The summed E-state index contributed by atoms with van der Waals surface area (Å²) in [4.78, 5) is 54.0. The molecule has 0 aliphatic heterocycles. The number of esters is 2. The Kier molecular flexibility index (Phi) is 14.7. The lowest BCUT2D eigenvalue weighted by molar-refractivity contribution is 0.0724. The van der Waals surface area contributed by atoms with Crippen LogP contribution < -0.4 is 20.1 Å². The molecule has 9 aromatic rings. The van der Waals surface area contributed by atoms with Crippen molar-refractivity contribution in [1.82, 2.24) is 0 Å². The quantitative estimate of drug-likeness (QED) is 0.0526. The highest BCUT2D eigenvalue weighted by Gasteiger charge is 2.22. The lowest BCUT2D eigenvalue weighted by Crippen LogP contribution is -2.13. The van der Waals surface area contributed by atoms with Crippen molar-refractivity contribution < 1.29 is 38.9 Å². The van der Waals surface area contributed by atoms with E-state index in [1.54, 1.807) is 123 Å². The van der Waals surface area contributed by atoms with Crippen LogP contribution in [0.4, 0.5) is 34.1 Å². The maximum Gasteiger partial charge on any atom is 0.343 e. The van der Waals surface area contributed by atoms with Gasteiger partial charge in [-0.25, -0.2) is 9.59 Å². The van der Waals surface area contributed by atoms with Gasteiger partial charge in [-0.05, 0) is 133 Å². The van der Waals surface area contributed by atoms with Crippen LogP contribution in [0.5, 0.6) is 23.0 Å². The van der Waals surface area contributed by atoms with Crippen molar-refractivity contribution in [3.63, 3.8) is 0 Å². The fraction of sp³-hybridized carbons (Fsp3) is 0.0357. The molecule has 0 bridgehead atoms. The zero-order valence-electron chi connectivity index (χ0n) is 38.7. The molecule has 2 amide bonds. The van der Waals surface area contributed by atoms with Gasteiger partial charge in [-0.3, -0.25) is 9.59 Å². The van der Waals surface area contributed by atoms with Crippen LogP contribution in [0.1, 0.15) is 52.6 Å². The van der Waals surface area contributed by atoms with Gasteiger partial charge in [0, 0.05) is 32.2 Å². The Hall–Kier alpha value is -8.66. The maximum atomic E-state index is 13.8. The third kappa shape index (κ3) is 11.0. The number of hydrogen-bond donors (Lipinski definition) is 4. The molecule has 0 radical (unpaired) electrons.